The van der Waals surface area contributed by atoms with Gasteiger partial charge in [0.1, 0.15) is 5.82 Å². The Morgan fingerprint density at radius 3 is 2.43 bits per heavy atom. The molecular weight excluding hydrogens is 405 g/mol. The summed E-state index contributed by atoms with van der Waals surface area (Å²) in [7, 11) is 0. The lowest BCUT2D eigenvalue weighted by Gasteiger charge is -2.35. The van der Waals surface area contributed by atoms with Crippen LogP contribution < -0.4 is 0 Å². The number of amides is 1. The van der Waals surface area contributed by atoms with Gasteiger partial charge in [0, 0.05) is 36.7 Å². The zero-order valence-electron chi connectivity index (χ0n) is 16.7. The van der Waals surface area contributed by atoms with Gasteiger partial charge in [-0.1, -0.05) is 11.8 Å². The van der Waals surface area contributed by atoms with E-state index in [0.29, 0.717) is 24.1 Å². The summed E-state index contributed by atoms with van der Waals surface area (Å²) in [6, 6.07) is 9.78. The topological polar surface area (TPSA) is 73.1 Å². The van der Waals surface area contributed by atoms with Crippen LogP contribution in [0.2, 0.25) is 0 Å². The van der Waals surface area contributed by atoms with Gasteiger partial charge in [-0.3, -0.25) is 14.3 Å². The SMILES string of the molecule is CC1CN(C(=O)CSc2nnc(-c3ccncc3)n2-c2ccc(F)cc2)CC(C)O1. The second-order valence-electron chi connectivity index (χ2n) is 7.20. The number of ether oxygens (including phenoxy) is 1. The fraction of sp³-hybridized carbons (Fsp3) is 0.333. The van der Waals surface area contributed by atoms with Crippen molar-refractivity contribution in [3.8, 4) is 17.1 Å². The summed E-state index contributed by atoms with van der Waals surface area (Å²) in [4.78, 5) is 18.6. The number of pyridine rings is 1. The minimum absolute atomic E-state index is 0.0175. The van der Waals surface area contributed by atoms with E-state index in [1.807, 2.05) is 35.4 Å². The monoisotopic (exact) mass is 427 g/mol. The Balaban J connectivity index is 1.59. The highest BCUT2D eigenvalue weighted by molar-refractivity contribution is 7.99. The number of carbonyl (C=O) groups excluding carboxylic acids is 1. The molecule has 2 unspecified atom stereocenters. The summed E-state index contributed by atoms with van der Waals surface area (Å²) in [5, 5.41) is 9.20. The summed E-state index contributed by atoms with van der Waals surface area (Å²) in [5.41, 5.74) is 1.55. The number of carbonyl (C=O) groups is 1. The van der Waals surface area contributed by atoms with Crippen molar-refractivity contribution in [2.45, 2.75) is 31.2 Å². The van der Waals surface area contributed by atoms with Crippen molar-refractivity contribution in [2.75, 3.05) is 18.8 Å². The summed E-state index contributed by atoms with van der Waals surface area (Å²) in [5.74, 6) is 0.542. The third-order valence-electron chi connectivity index (χ3n) is 4.75. The van der Waals surface area contributed by atoms with Crippen LogP contribution in [0.4, 0.5) is 4.39 Å². The molecule has 1 amide bonds. The second-order valence-corrected chi connectivity index (χ2v) is 8.14. The first-order valence-corrected chi connectivity index (χ1v) is 10.7. The lowest BCUT2D eigenvalue weighted by atomic mass is 10.2. The second kappa shape index (κ2) is 8.93. The van der Waals surface area contributed by atoms with Crippen molar-refractivity contribution in [1.29, 1.82) is 0 Å². The number of thioether (sulfide) groups is 1. The highest BCUT2D eigenvalue weighted by atomic mass is 32.2. The van der Waals surface area contributed by atoms with Crippen LogP contribution in [0.3, 0.4) is 0 Å². The van der Waals surface area contributed by atoms with Gasteiger partial charge in [-0.05, 0) is 50.2 Å². The molecule has 7 nitrogen and oxygen atoms in total. The van der Waals surface area contributed by atoms with E-state index in [-0.39, 0.29) is 29.7 Å². The molecule has 1 fully saturated rings. The van der Waals surface area contributed by atoms with E-state index >= 15 is 0 Å². The number of nitrogens with zero attached hydrogens (tertiary/aromatic N) is 5. The van der Waals surface area contributed by atoms with Gasteiger partial charge in [0.05, 0.1) is 18.0 Å². The molecule has 0 spiro atoms. The predicted octanol–water partition coefficient (Wildman–Crippen LogP) is 3.20. The molecular formula is C21H22FN5O2S. The maximum atomic E-state index is 13.5. The van der Waals surface area contributed by atoms with Crippen LogP contribution in [0, 0.1) is 5.82 Å². The molecule has 2 atom stereocenters. The smallest absolute Gasteiger partial charge is 0.233 e. The first kappa shape index (κ1) is 20.5. The van der Waals surface area contributed by atoms with E-state index in [2.05, 4.69) is 15.2 Å². The summed E-state index contributed by atoms with van der Waals surface area (Å²) in [6.07, 6.45) is 3.39. The third kappa shape index (κ3) is 4.52. The summed E-state index contributed by atoms with van der Waals surface area (Å²) >= 11 is 1.31. The number of halogens is 1. The molecule has 30 heavy (non-hydrogen) atoms. The molecule has 0 bridgehead atoms. The van der Waals surface area contributed by atoms with Crippen molar-refractivity contribution < 1.29 is 13.9 Å². The van der Waals surface area contributed by atoms with Gasteiger partial charge >= 0.3 is 0 Å². The molecule has 1 aliphatic heterocycles. The molecule has 9 heteroatoms. The number of benzene rings is 1. The van der Waals surface area contributed by atoms with E-state index in [4.69, 9.17) is 4.74 Å². The number of aromatic nitrogens is 4. The van der Waals surface area contributed by atoms with Crippen molar-refractivity contribution in [1.82, 2.24) is 24.6 Å². The average Bonchev–Trinajstić information content (AvgIpc) is 3.16. The van der Waals surface area contributed by atoms with Gasteiger partial charge in [0.15, 0.2) is 11.0 Å². The van der Waals surface area contributed by atoms with Crippen LogP contribution in [0.5, 0.6) is 0 Å². The van der Waals surface area contributed by atoms with Crippen molar-refractivity contribution in [2.24, 2.45) is 0 Å². The minimum Gasteiger partial charge on any atom is -0.372 e. The summed E-state index contributed by atoms with van der Waals surface area (Å²) in [6.45, 7) is 5.10. The Hall–Kier alpha value is -2.78. The molecule has 3 heterocycles. The van der Waals surface area contributed by atoms with Crippen molar-refractivity contribution in [3.05, 3.63) is 54.6 Å². The molecule has 0 N–H and O–H groups in total. The molecule has 156 valence electrons. The zero-order valence-corrected chi connectivity index (χ0v) is 17.6. The molecule has 2 aromatic heterocycles. The molecule has 1 aromatic carbocycles. The molecule has 1 saturated heterocycles. The van der Waals surface area contributed by atoms with Crippen LogP contribution in [-0.2, 0) is 9.53 Å². The molecule has 4 rings (SSSR count). The van der Waals surface area contributed by atoms with Gasteiger partial charge in [-0.15, -0.1) is 10.2 Å². The zero-order chi connectivity index (χ0) is 21.1. The van der Waals surface area contributed by atoms with E-state index in [0.717, 1.165) is 11.3 Å². The van der Waals surface area contributed by atoms with Crippen LogP contribution in [0.1, 0.15) is 13.8 Å². The molecule has 3 aromatic rings. The quantitative estimate of drug-likeness (QED) is 0.583. The van der Waals surface area contributed by atoms with E-state index < -0.39 is 0 Å². The van der Waals surface area contributed by atoms with E-state index in [1.165, 1.54) is 23.9 Å². The average molecular weight is 428 g/mol. The number of hydrogen-bond acceptors (Lipinski definition) is 6. The molecule has 0 aliphatic carbocycles. The van der Waals surface area contributed by atoms with Crippen molar-refractivity contribution >= 4 is 17.7 Å². The normalized spacial score (nSPS) is 19.1. The summed E-state index contributed by atoms with van der Waals surface area (Å²) < 4.78 is 21.0. The minimum atomic E-state index is -0.322. The third-order valence-corrected chi connectivity index (χ3v) is 5.67. The number of morpholine rings is 1. The Morgan fingerprint density at radius 2 is 1.77 bits per heavy atom. The van der Waals surface area contributed by atoms with Crippen LogP contribution in [0.15, 0.2) is 53.9 Å². The van der Waals surface area contributed by atoms with Crippen LogP contribution >= 0.6 is 11.8 Å². The molecule has 1 aliphatic rings. The molecule has 0 radical (unpaired) electrons. The highest BCUT2D eigenvalue weighted by Crippen LogP contribution is 2.28. The first-order valence-electron chi connectivity index (χ1n) is 9.69. The predicted molar refractivity (Wildman–Crippen MR) is 112 cm³/mol. The van der Waals surface area contributed by atoms with Gasteiger partial charge in [0.25, 0.3) is 0 Å². The fourth-order valence-corrected chi connectivity index (χ4v) is 4.33. The van der Waals surface area contributed by atoms with Crippen LogP contribution in [-0.4, -0.2) is 61.6 Å². The van der Waals surface area contributed by atoms with Gasteiger partial charge in [-0.25, -0.2) is 4.39 Å². The fourth-order valence-electron chi connectivity index (χ4n) is 3.47. The van der Waals surface area contributed by atoms with Gasteiger partial charge < -0.3 is 9.64 Å². The molecule has 0 saturated carbocycles. The lowest BCUT2D eigenvalue weighted by molar-refractivity contribution is -0.140. The maximum absolute atomic E-state index is 13.5. The largest absolute Gasteiger partial charge is 0.372 e. The Kier molecular flexibility index (Phi) is 6.10. The maximum Gasteiger partial charge on any atom is 0.233 e. The van der Waals surface area contributed by atoms with E-state index in [1.54, 1.807) is 24.5 Å². The van der Waals surface area contributed by atoms with Gasteiger partial charge in [0.2, 0.25) is 5.91 Å². The Bertz CT molecular complexity index is 1000. The first-order chi connectivity index (χ1) is 14.5. The van der Waals surface area contributed by atoms with Gasteiger partial charge in [-0.2, -0.15) is 0 Å². The van der Waals surface area contributed by atoms with Crippen LogP contribution in [0.25, 0.3) is 17.1 Å². The number of hydrogen-bond donors (Lipinski definition) is 0. The van der Waals surface area contributed by atoms with E-state index in [9.17, 15) is 9.18 Å². The standard InChI is InChI=1S/C21H22FN5O2S/c1-14-11-26(12-15(2)29-14)19(28)13-30-21-25-24-20(16-7-9-23-10-8-16)27(21)18-5-3-17(22)4-6-18/h3-10,14-15H,11-13H2,1-2H3. The number of rotatable bonds is 5. The Morgan fingerprint density at radius 1 is 1.10 bits per heavy atom. The Labute approximate surface area is 178 Å². The highest BCUT2D eigenvalue weighted by Gasteiger charge is 2.26. The lowest BCUT2D eigenvalue weighted by Crippen LogP contribution is -2.48. The van der Waals surface area contributed by atoms with Crippen molar-refractivity contribution in [3.63, 3.8) is 0 Å².